The first kappa shape index (κ1) is 20.1. The third-order valence-electron chi connectivity index (χ3n) is 6.72. The van der Waals surface area contributed by atoms with Crippen LogP contribution >= 0.6 is 0 Å². The molecule has 1 saturated heterocycles. The van der Waals surface area contributed by atoms with E-state index in [1.807, 2.05) is 0 Å². The molecule has 0 bridgehead atoms. The van der Waals surface area contributed by atoms with Gasteiger partial charge in [-0.25, -0.2) is 0 Å². The van der Waals surface area contributed by atoms with Crippen LogP contribution in [-0.2, 0) is 9.31 Å². The number of hydrogen-bond donors (Lipinski definition) is 0. The van der Waals surface area contributed by atoms with Crippen molar-refractivity contribution in [3.05, 3.63) is 91.0 Å². The van der Waals surface area contributed by atoms with Crippen molar-refractivity contribution in [3.63, 3.8) is 0 Å². The normalized spacial score (nSPS) is 17.2. The van der Waals surface area contributed by atoms with E-state index >= 15 is 0 Å². The fourth-order valence-electron chi connectivity index (χ4n) is 4.13. The van der Waals surface area contributed by atoms with Crippen molar-refractivity contribution >= 4 is 23.4 Å². The summed E-state index contributed by atoms with van der Waals surface area (Å²) in [6.07, 6.45) is 0. The van der Waals surface area contributed by atoms with E-state index in [0.29, 0.717) is 0 Å². The van der Waals surface area contributed by atoms with E-state index in [-0.39, 0.29) is 18.3 Å². The van der Waals surface area contributed by atoms with E-state index in [2.05, 4.69) is 119 Å². The van der Waals surface area contributed by atoms with Crippen molar-refractivity contribution in [1.82, 2.24) is 0 Å². The Balaban J connectivity index is 1.57. The van der Waals surface area contributed by atoms with Crippen LogP contribution in [0.15, 0.2) is 91.0 Å². The minimum Gasteiger partial charge on any atom is -0.399 e. The third kappa shape index (κ3) is 3.58. The molecule has 4 aromatic carbocycles. The molecule has 31 heavy (non-hydrogen) atoms. The summed E-state index contributed by atoms with van der Waals surface area (Å²) in [5.41, 5.74) is 5.24. The molecule has 3 heteroatoms. The van der Waals surface area contributed by atoms with Crippen molar-refractivity contribution < 1.29 is 9.31 Å². The topological polar surface area (TPSA) is 18.5 Å². The van der Waals surface area contributed by atoms with Crippen LogP contribution in [-0.4, -0.2) is 18.3 Å². The van der Waals surface area contributed by atoms with Gasteiger partial charge in [0.2, 0.25) is 0 Å². The van der Waals surface area contributed by atoms with Crippen LogP contribution < -0.4 is 5.46 Å². The van der Waals surface area contributed by atoms with E-state index in [1.54, 1.807) is 0 Å². The molecule has 2 nitrogen and oxygen atoms in total. The second-order valence-corrected chi connectivity index (χ2v) is 9.32. The molecule has 1 aliphatic rings. The monoisotopic (exact) mass is 406 g/mol. The predicted molar refractivity (Wildman–Crippen MR) is 131 cm³/mol. The van der Waals surface area contributed by atoms with Gasteiger partial charge in [0, 0.05) is 0 Å². The molecule has 1 heterocycles. The van der Waals surface area contributed by atoms with Gasteiger partial charge in [-0.05, 0) is 78.3 Å². The molecule has 1 aliphatic heterocycles. The number of hydrogen-bond acceptors (Lipinski definition) is 2. The average molecular weight is 406 g/mol. The minimum atomic E-state index is -0.343. The maximum absolute atomic E-state index is 6.22. The van der Waals surface area contributed by atoms with Crippen molar-refractivity contribution in [2.24, 2.45) is 0 Å². The van der Waals surface area contributed by atoms with Crippen molar-refractivity contribution in [1.29, 1.82) is 0 Å². The molecule has 0 aromatic heterocycles. The van der Waals surface area contributed by atoms with Gasteiger partial charge in [0.25, 0.3) is 0 Å². The first-order valence-corrected chi connectivity index (χ1v) is 10.9. The van der Waals surface area contributed by atoms with E-state index in [1.165, 1.54) is 33.0 Å². The molecule has 0 radical (unpaired) electrons. The molecule has 154 valence electrons. The number of rotatable bonds is 3. The Bertz CT molecular complexity index is 1210. The molecule has 0 atom stereocenters. The average Bonchev–Trinajstić information content (AvgIpc) is 3.00. The quantitative estimate of drug-likeness (QED) is 0.363. The van der Waals surface area contributed by atoms with Gasteiger partial charge in [0.15, 0.2) is 0 Å². The highest BCUT2D eigenvalue weighted by Gasteiger charge is 2.51. The van der Waals surface area contributed by atoms with Gasteiger partial charge in [-0.3, -0.25) is 0 Å². The number of fused-ring (bicyclic) bond motifs is 1. The fourth-order valence-corrected chi connectivity index (χ4v) is 4.13. The Morgan fingerprint density at radius 1 is 0.548 bits per heavy atom. The van der Waals surface area contributed by atoms with Crippen LogP contribution in [0.2, 0.25) is 0 Å². The highest BCUT2D eigenvalue weighted by Crippen LogP contribution is 2.38. The zero-order valence-electron chi connectivity index (χ0n) is 18.6. The molecule has 5 rings (SSSR count). The summed E-state index contributed by atoms with van der Waals surface area (Å²) in [5, 5.41) is 2.49. The van der Waals surface area contributed by atoms with Crippen molar-refractivity contribution in [2.75, 3.05) is 0 Å². The lowest BCUT2D eigenvalue weighted by atomic mass is 9.78. The number of benzene rings is 4. The first-order valence-electron chi connectivity index (χ1n) is 10.9. The Morgan fingerprint density at radius 2 is 1.00 bits per heavy atom. The molecule has 4 aromatic rings. The van der Waals surface area contributed by atoms with Gasteiger partial charge in [-0.2, -0.15) is 0 Å². The maximum Gasteiger partial charge on any atom is 0.494 e. The minimum absolute atomic E-state index is 0.338. The van der Waals surface area contributed by atoms with Gasteiger partial charge < -0.3 is 9.31 Å². The molecule has 0 saturated carbocycles. The second-order valence-electron chi connectivity index (χ2n) is 9.32. The van der Waals surface area contributed by atoms with Crippen LogP contribution in [0.25, 0.3) is 33.0 Å². The zero-order chi connectivity index (χ0) is 21.6. The Hall–Kier alpha value is -2.88. The molecule has 0 aliphatic carbocycles. The van der Waals surface area contributed by atoms with Gasteiger partial charge in [-0.1, -0.05) is 78.9 Å². The van der Waals surface area contributed by atoms with Crippen molar-refractivity contribution in [3.8, 4) is 22.3 Å². The van der Waals surface area contributed by atoms with E-state index in [9.17, 15) is 0 Å². The summed E-state index contributed by atoms with van der Waals surface area (Å²) >= 11 is 0. The highest BCUT2D eigenvalue weighted by atomic mass is 16.7. The molecule has 0 spiro atoms. The molecule has 0 N–H and O–H groups in total. The summed E-state index contributed by atoms with van der Waals surface area (Å²) in [4.78, 5) is 0. The zero-order valence-corrected chi connectivity index (χ0v) is 18.6. The first-order chi connectivity index (χ1) is 14.8. The van der Waals surface area contributed by atoms with Crippen LogP contribution in [0.5, 0.6) is 0 Å². The molecule has 1 fully saturated rings. The lowest BCUT2D eigenvalue weighted by molar-refractivity contribution is 0.00578. The lowest BCUT2D eigenvalue weighted by Gasteiger charge is -2.32. The fraction of sp³-hybridized carbons (Fsp3) is 0.214. The Kier molecular flexibility index (Phi) is 4.77. The highest BCUT2D eigenvalue weighted by molar-refractivity contribution is 6.62. The third-order valence-corrected chi connectivity index (χ3v) is 6.72. The van der Waals surface area contributed by atoms with Crippen LogP contribution in [0.4, 0.5) is 0 Å². The molecular formula is C28H27BO2. The lowest BCUT2D eigenvalue weighted by Crippen LogP contribution is -2.41. The van der Waals surface area contributed by atoms with E-state index in [0.717, 1.165) is 5.46 Å². The van der Waals surface area contributed by atoms with E-state index < -0.39 is 0 Å². The largest absolute Gasteiger partial charge is 0.494 e. The summed E-state index contributed by atoms with van der Waals surface area (Å²) in [5.74, 6) is 0. The summed E-state index contributed by atoms with van der Waals surface area (Å²) < 4.78 is 12.4. The van der Waals surface area contributed by atoms with E-state index in [4.69, 9.17) is 9.31 Å². The molecule has 0 unspecified atom stereocenters. The standard InChI is InChI=1S/C28H27BO2/c1-27(2)28(3,4)31-29(30-27)24-16-14-21(15-17-24)26-19-23-13-9-8-12-22(23)18-25(26)20-10-6-5-7-11-20/h5-19H,1-4H3. The maximum atomic E-state index is 6.22. The summed E-state index contributed by atoms with van der Waals surface area (Å²) in [6, 6.07) is 32.3. The summed E-state index contributed by atoms with van der Waals surface area (Å²) in [6.45, 7) is 8.34. The van der Waals surface area contributed by atoms with Crippen molar-refractivity contribution in [2.45, 2.75) is 38.9 Å². The Morgan fingerprint density at radius 3 is 1.52 bits per heavy atom. The van der Waals surface area contributed by atoms with Gasteiger partial charge in [-0.15, -0.1) is 0 Å². The SMILES string of the molecule is CC1(C)OB(c2ccc(-c3cc4ccccc4cc3-c3ccccc3)cc2)OC1(C)C. The van der Waals surface area contributed by atoms with Gasteiger partial charge in [0.05, 0.1) is 11.2 Å². The molecular weight excluding hydrogens is 379 g/mol. The summed E-state index contributed by atoms with van der Waals surface area (Å²) in [7, 11) is -0.343. The van der Waals surface area contributed by atoms with Crippen LogP contribution in [0, 0.1) is 0 Å². The molecule has 0 amide bonds. The second kappa shape index (κ2) is 7.37. The van der Waals surface area contributed by atoms with Crippen LogP contribution in [0.1, 0.15) is 27.7 Å². The Labute approximate surface area is 185 Å². The van der Waals surface area contributed by atoms with Gasteiger partial charge in [0.1, 0.15) is 0 Å². The predicted octanol–water partition coefficient (Wildman–Crippen LogP) is 6.47. The van der Waals surface area contributed by atoms with Crippen LogP contribution in [0.3, 0.4) is 0 Å². The smallest absolute Gasteiger partial charge is 0.399 e. The van der Waals surface area contributed by atoms with Gasteiger partial charge >= 0.3 is 7.12 Å².